The number of rotatable bonds is 2. The van der Waals surface area contributed by atoms with E-state index < -0.39 is 0 Å². The Morgan fingerprint density at radius 3 is 2.76 bits per heavy atom. The van der Waals surface area contributed by atoms with Gasteiger partial charge in [-0.05, 0) is 19.3 Å². The smallest absolute Gasteiger partial charge is 0.225 e. The molecular formula is C12H23ClN2O2. The summed E-state index contributed by atoms with van der Waals surface area (Å²) in [7, 11) is 0. The molecule has 17 heavy (non-hydrogen) atoms. The minimum Gasteiger partial charge on any atom is -0.375 e. The molecule has 1 N–H and O–H groups in total. The molecule has 3 atom stereocenters. The normalized spacial score (nSPS) is 33.3. The largest absolute Gasteiger partial charge is 0.375 e. The first kappa shape index (κ1) is 14.7. The minimum atomic E-state index is 0. The Hall–Kier alpha value is -0.320. The molecule has 0 aromatic heterocycles. The number of amides is 1. The van der Waals surface area contributed by atoms with Crippen LogP contribution in [0, 0.1) is 5.92 Å². The maximum atomic E-state index is 12.1. The lowest BCUT2D eigenvalue weighted by atomic mass is 10.1. The Bertz CT molecular complexity index is 257. The molecule has 4 nitrogen and oxygen atoms in total. The number of halogens is 1. The predicted molar refractivity (Wildman–Crippen MR) is 69.4 cm³/mol. The second-order valence-corrected chi connectivity index (χ2v) is 5.14. The zero-order valence-electron chi connectivity index (χ0n) is 10.6. The number of ether oxygens (including phenoxy) is 1. The number of hydrogen-bond acceptors (Lipinski definition) is 3. The predicted octanol–water partition coefficient (Wildman–Crippen LogP) is 1.04. The Labute approximate surface area is 109 Å². The van der Waals surface area contributed by atoms with Crippen molar-refractivity contribution in [2.45, 2.75) is 38.8 Å². The fraction of sp³-hybridized carbons (Fsp3) is 0.917. The van der Waals surface area contributed by atoms with E-state index in [0.29, 0.717) is 18.4 Å². The van der Waals surface area contributed by atoms with Crippen LogP contribution >= 0.6 is 12.4 Å². The molecule has 2 rings (SSSR count). The monoisotopic (exact) mass is 262 g/mol. The van der Waals surface area contributed by atoms with Crippen LogP contribution in [0.2, 0.25) is 0 Å². The molecule has 0 saturated carbocycles. The van der Waals surface area contributed by atoms with Crippen molar-refractivity contribution in [2.24, 2.45) is 5.92 Å². The maximum absolute atomic E-state index is 12.1. The van der Waals surface area contributed by atoms with Crippen molar-refractivity contribution in [1.82, 2.24) is 10.2 Å². The van der Waals surface area contributed by atoms with E-state index in [9.17, 15) is 4.79 Å². The molecule has 3 unspecified atom stereocenters. The van der Waals surface area contributed by atoms with Crippen molar-refractivity contribution in [3.63, 3.8) is 0 Å². The molecule has 0 aromatic carbocycles. The van der Waals surface area contributed by atoms with Gasteiger partial charge in [0.15, 0.2) is 0 Å². The summed E-state index contributed by atoms with van der Waals surface area (Å²) in [5, 5.41) is 3.26. The molecular weight excluding hydrogens is 240 g/mol. The fourth-order valence-electron chi connectivity index (χ4n) is 2.71. The number of carbonyl (C=O) groups excluding carboxylic acids is 1. The van der Waals surface area contributed by atoms with Crippen LogP contribution in [0.15, 0.2) is 0 Å². The summed E-state index contributed by atoms with van der Waals surface area (Å²) in [5.74, 6) is 0.898. The van der Waals surface area contributed by atoms with E-state index in [4.69, 9.17) is 4.74 Å². The molecule has 0 aliphatic carbocycles. The van der Waals surface area contributed by atoms with E-state index in [1.807, 2.05) is 4.90 Å². The van der Waals surface area contributed by atoms with Gasteiger partial charge in [-0.1, -0.05) is 6.92 Å². The van der Waals surface area contributed by atoms with Crippen molar-refractivity contribution in [2.75, 3.05) is 26.2 Å². The number of likely N-dealkylation sites (tertiary alicyclic amines) is 1. The van der Waals surface area contributed by atoms with Gasteiger partial charge in [0.25, 0.3) is 0 Å². The van der Waals surface area contributed by atoms with Crippen LogP contribution < -0.4 is 5.32 Å². The second-order valence-electron chi connectivity index (χ2n) is 5.14. The summed E-state index contributed by atoms with van der Waals surface area (Å²) in [4.78, 5) is 14.1. The number of nitrogens with zero attached hydrogens (tertiary/aromatic N) is 1. The van der Waals surface area contributed by atoms with Gasteiger partial charge in [-0.3, -0.25) is 4.79 Å². The first-order valence-corrected chi connectivity index (χ1v) is 6.28. The van der Waals surface area contributed by atoms with Crippen molar-refractivity contribution >= 4 is 18.3 Å². The minimum absolute atomic E-state index is 0. The highest BCUT2D eigenvalue weighted by Crippen LogP contribution is 2.23. The third-order valence-electron chi connectivity index (χ3n) is 3.51. The molecule has 0 aromatic rings. The molecule has 2 saturated heterocycles. The number of nitrogens with one attached hydrogen (secondary N) is 1. The molecule has 100 valence electrons. The Morgan fingerprint density at radius 2 is 2.24 bits per heavy atom. The van der Waals surface area contributed by atoms with Gasteiger partial charge in [-0.2, -0.15) is 0 Å². The van der Waals surface area contributed by atoms with E-state index in [0.717, 1.165) is 32.7 Å². The average molecular weight is 263 g/mol. The van der Waals surface area contributed by atoms with Crippen LogP contribution in [0.5, 0.6) is 0 Å². The third kappa shape index (κ3) is 3.83. The molecule has 1 amide bonds. The fourth-order valence-corrected chi connectivity index (χ4v) is 2.71. The van der Waals surface area contributed by atoms with Crippen LogP contribution in [-0.4, -0.2) is 49.2 Å². The summed E-state index contributed by atoms with van der Waals surface area (Å²) in [5.41, 5.74) is 0. The van der Waals surface area contributed by atoms with Crippen molar-refractivity contribution in [1.29, 1.82) is 0 Å². The Morgan fingerprint density at radius 1 is 1.47 bits per heavy atom. The standard InChI is InChI=1S/C12H22N2O2.ClH/c1-9-5-10(2)14(8-9)12(15)6-11-7-13-3-4-16-11;/h9-11,13H,3-8H2,1-2H3;1H. The number of hydrogen-bond donors (Lipinski definition) is 1. The first-order valence-electron chi connectivity index (χ1n) is 6.28. The quantitative estimate of drug-likeness (QED) is 0.809. The van der Waals surface area contributed by atoms with Crippen LogP contribution in [0.1, 0.15) is 26.7 Å². The summed E-state index contributed by atoms with van der Waals surface area (Å²) >= 11 is 0. The van der Waals surface area contributed by atoms with Crippen LogP contribution in [0.3, 0.4) is 0 Å². The van der Waals surface area contributed by atoms with E-state index >= 15 is 0 Å². The van der Waals surface area contributed by atoms with Crippen LogP contribution in [0.25, 0.3) is 0 Å². The maximum Gasteiger partial charge on any atom is 0.225 e. The topological polar surface area (TPSA) is 41.6 Å². The van der Waals surface area contributed by atoms with Gasteiger partial charge in [0.05, 0.1) is 19.1 Å². The van der Waals surface area contributed by atoms with Gasteiger partial charge in [0, 0.05) is 25.7 Å². The molecule has 2 fully saturated rings. The SMILES string of the molecule is CC1CC(C)N(C(=O)CC2CNCCO2)C1.Cl. The highest BCUT2D eigenvalue weighted by Gasteiger charge is 2.31. The molecule has 5 heteroatoms. The summed E-state index contributed by atoms with van der Waals surface area (Å²) in [6, 6.07) is 0.402. The van der Waals surface area contributed by atoms with Gasteiger partial charge in [0.1, 0.15) is 0 Å². The lowest BCUT2D eigenvalue weighted by Gasteiger charge is -2.27. The summed E-state index contributed by atoms with van der Waals surface area (Å²) in [6.45, 7) is 7.71. The molecule has 2 aliphatic rings. The third-order valence-corrected chi connectivity index (χ3v) is 3.51. The Kier molecular flexibility index (Phi) is 5.70. The summed E-state index contributed by atoms with van der Waals surface area (Å²) < 4.78 is 5.56. The van der Waals surface area contributed by atoms with Gasteiger partial charge in [-0.15, -0.1) is 12.4 Å². The molecule has 0 spiro atoms. The van der Waals surface area contributed by atoms with Crippen molar-refractivity contribution in [3.8, 4) is 0 Å². The lowest BCUT2D eigenvalue weighted by Crippen LogP contribution is -2.43. The van der Waals surface area contributed by atoms with E-state index in [1.165, 1.54) is 0 Å². The first-order chi connectivity index (χ1) is 7.66. The van der Waals surface area contributed by atoms with E-state index in [-0.39, 0.29) is 24.4 Å². The highest BCUT2D eigenvalue weighted by molar-refractivity contribution is 5.85. The zero-order valence-corrected chi connectivity index (χ0v) is 11.5. The lowest BCUT2D eigenvalue weighted by molar-refractivity contribution is -0.135. The van der Waals surface area contributed by atoms with E-state index in [1.54, 1.807) is 0 Å². The number of carbonyl (C=O) groups is 1. The molecule has 0 bridgehead atoms. The molecule has 2 heterocycles. The molecule has 0 radical (unpaired) electrons. The molecule has 2 aliphatic heterocycles. The van der Waals surface area contributed by atoms with Crippen molar-refractivity contribution in [3.05, 3.63) is 0 Å². The van der Waals surface area contributed by atoms with Gasteiger partial charge >= 0.3 is 0 Å². The van der Waals surface area contributed by atoms with Gasteiger partial charge < -0.3 is 15.0 Å². The number of morpholine rings is 1. The average Bonchev–Trinajstić information content (AvgIpc) is 2.59. The second kappa shape index (κ2) is 6.57. The van der Waals surface area contributed by atoms with Crippen molar-refractivity contribution < 1.29 is 9.53 Å². The van der Waals surface area contributed by atoms with E-state index in [2.05, 4.69) is 19.2 Å². The summed E-state index contributed by atoms with van der Waals surface area (Å²) in [6.07, 6.45) is 1.74. The van der Waals surface area contributed by atoms with Gasteiger partial charge in [0.2, 0.25) is 5.91 Å². The highest BCUT2D eigenvalue weighted by atomic mass is 35.5. The van der Waals surface area contributed by atoms with Gasteiger partial charge in [-0.25, -0.2) is 0 Å². The van der Waals surface area contributed by atoms with Crippen LogP contribution in [-0.2, 0) is 9.53 Å². The zero-order chi connectivity index (χ0) is 11.5. The Balaban J connectivity index is 0.00000144. The van der Waals surface area contributed by atoms with Crippen LogP contribution in [0.4, 0.5) is 0 Å².